The number of carbonyl (C=O) groups is 1. The average molecular weight is 472 g/mol. The van der Waals surface area contributed by atoms with Crippen molar-refractivity contribution in [1.82, 2.24) is 4.98 Å². The van der Waals surface area contributed by atoms with Crippen molar-refractivity contribution in [3.63, 3.8) is 0 Å². The molecule has 7 nitrogen and oxygen atoms in total. The predicted octanol–water partition coefficient (Wildman–Crippen LogP) is 5.15. The Morgan fingerprint density at radius 1 is 1.12 bits per heavy atom. The van der Waals surface area contributed by atoms with Crippen molar-refractivity contribution in [2.75, 3.05) is 19.8 Å². The number of benzene rings is 2. The minimum atomic E-state index is -0.974. The molecule has 1 unspecified atom stereocenters. The first kappa shape index (κ1) is 25.2. The van der Waals surface area contributed by atoms with Crippen LogP contribution in [0.5, 0.6) is 11.5 Å². The number of hydrogen-bond donors (Lipinski definition) is 1. The van der Waals surface area contributed by atoms with Gasteiger partial charge in [-0.3, -0.25) is 0 Å². The molecule has 1 aromatic heterocycles. The molecule has 3 aromatic rings. The molecule has 0 amide bonds. The second-order valence-corrected chi connectivity index (χ2v) is 7.77. The summed E-state index contributed by atoms with van der Waals surface area (Å²) in [6, 6.07) is 9.83. The van der Waals surface area contributed by atoms with Crippen LogP contribution < -0.4 is 9.47 Å². The summed E-state index contributed by atoms with van der Waals surface area (Å²) in [4.78, 5) is 15.9. The van der Waals surface area contributed by atoms with E-state index in [-0.39, 0.29) is 5.82 Å². The largest absolute Gasteiger partial charge is 0.493 e. The van der Waals surface area contributed by atoms with Gasteiger partial charge in [0.2, 0.25) is 5.89 Å². The van der Waals surface area contributed by atoms with Crippen molar-refractivity contribution in [3.8, 4) is 23.0 Å². The lowest BCUT2D eigenvalue weighted by Gasteiger charge is -2.15. The third-order valence-corrected chi connectivity index (χ3v) is 5.34. The van der Waals surface area contributed by atoms with Gasteiger partial charge in [0.05, 0.1) is 24.5 Å². The number of oxazole rings is 1. The monoisotopic (exact) mass is 471 g/mol. The van der Waals surface area contributed by atoms with Gasteiger partial charge in [-0.25, -0.2) is 14.2 Å². The molecule has 0 saturated carbocycles. The minimum absolute atomic E-state index is 0.295. The molecule has 0 radical (unpaired) electrons. The summed E-state index contributed by atoms with van der Waals surface area (Å²) in [7, 11) is 0. The van der Waals surface area contributed by atoms with Gasteiger partial charge in [-0.1, -0.05) is 6.07 Å². The predicted molar refractivity (Wildman–Crippen MR) is 125 cm³/mol. The molecule has 0 aliphatic heterocycles. The molecule has 182 valence electrons. The molecule has 1 N–H and O–H groups in total. The zero-order chi connectivity index (χ0) is 24.7. The van der Waals surface area contributed by atoms with Crippen molar-refractivity contribution in [3.05, 3.63) is 64.8 Å². The molecule has 0 aliphatic carbocycles. The van der Waals surface area contributed by atoms with Gasteiger partial charge >= 0.3 is 5.97 Å². The van der Waals surface area contributed by atoms with Gasteiger partial charge in [0.1, 0.15) is 23.1 Å². The van der Waals surface area contributed by atoms with E-state index >= 15 is 0 Å². The van der Waals surface area contributed by atoms with Crippen LogP contribution in [0.4, 0.5) is 4.39 Å². The number of ether oxygens (including phenoxy) is 3. The number of aliphatic carboxylic acids is 1. The summed E-state index contributed by atoms with van der Waals surface area (Å²) in [6.07, 6.45) is -0.0556. The van der Waals surface area contributed by atoms with Crippen LogP contribution in [0.3, 0.4) is 0 Å². The number of carboxylic acid groups (broad SMARTS) is 1. The number of halogens is 1. The van der Waals surface area contributed by atoms with Gasteiger partial charge in [-0.05, 0) is 63.1 Å². The molecule has 0 aliphatic rings. The van der Waals surface area contributed by atoms with Crippen molar-refractivity contribution in [2.24, 2.45) is 0 Å². The van der Waals surface area contributed by atoms with Gasteiger partial charge in [0.15, 0.2) is 6.10 Å². The molecular formula is C26H30FNO6. The van der Waals surface area contributed by atoms with Gasteiger partial charge in [-0.15, -0.1) is 0 Å². The van der Waals surface area contributed by atoms with Crippen LogP contribution in [-0.2, 0) is 22.4 Å². The maximum Gasteiger partial charge on any atom is 0.333 e. The summed E-state index contributed by atoms with van der Waals surface area (Å²) in [6.45, 7) is 8.47. The van der Waals surface area contributed by atoms with Crippen molar-refractivity contribution >= 4 is 5.97 Å². The molecule has 0 fully saturated rings. The number of aryl methyl sites for hydroxylation is 2. The van der Waals surface area contributed by atoms with Crippen LogP contribution in [0.1, 0.15) is 36.4 Å². The Balaban J connectivity index is 1.64. The zero-order valence-electron chi connectivity index (χ0n) is 19.9. The Morgan fingerprint density at radius 2 is 1.91 bits per heavy atom. The number of rotatable bonds is 12. The van der Waals surface area contributed by atoms with E-state index in [9.17, 15) is 14.3 Å². The highest BCUT2D eigenvalue weighted by Gasteiger charge is 2.19. The van der Waals surface area contributed by atoms with Crippen LogP contribution >= 0.6 is 0 Å². The third-order valence-electron chi connectivity index (χ3n) is 5.34. The van der Waals surface area contributed by atoms with E-state index in [1.807, 2.05) is 39.0 Å². The molecule has 0 bridgehead atoms. The van der Waals surface area contributed by atoms with Crippen LogP contribution in [0.2, 0.25) is 0 Å². The van der Waals surface area contributed by atoms with Crippen molar-refractivity contribution < 1.29 is 32.9 Å². The summed E-state index contributed by atoms with van der Waals surface area (Å²) in [5.41, 5.74) is 3.17. The highest BCUT2D eigenvalue weighted by molar-refractivity contribution is 5.72. The number of carboxylic acids is 1. The summed E-state index contributed by atoms with van der Waals surface area (Å²) in [5, 5.41) is 9.30. The summed E-state index contributed by atoms with van der Waals surface area (Å²) >= 11 is 0. The maximum atomic E-state index is 13.6. The Morgan fingerprint density at radius 3 is 2.59 bits per heavy atom. The van der Waals surface area contributed by atoms with E-state index in [1.54, 1.807) is 13.0 Å². The highest BCUT2D eigenvalue weighted by atomic mass is 19.1. The van der Waals surface area contributed by atoms with Crippen LogP contribution in [-0.4, -0.2) is 42.0 Å². The number of aromatic nitrogens is 1. The van der Waals surface area contributed by atoms with Crippen LogP contribution in [0, 0.1) is 19.7 Å². The van der Waals surface area contributed by atoms with Gasteiger partial charge in [0.25, 0.3) is 0 Å². The lowest BCUT2D eigenvalue weighted by atomic mass is 10.0. The highest BCUT2D eigenvalue weighted by Crippen LogP contribution is 2.31. The first-order valence-electron chi connectivity index (χ1n) is 11.3. The zero-order valence-corrected chi connectivity index (χ0v) is 19.9. The minimum Gasteiger partial charge on any atom is -0.493 e. The molecule has 2 aromatic carbocycles. The normalized spacial score (nSPS) is 11.9. The lowest BCUT2D eigenvalue weighted by Crippen LogP contribution is -2.26. The van der Waals surface area contributed by atoms with E-state index in [1.165, 1.54) is 12.1 Å². The van der Waals surface area contributed by atoms with E-state index in [0.717, 1.165) is 16.8 Å². The second-order valence-electron chi connectivity index (χ2n) is 7.77. The van der Waals surface area contributed by atoms with E-state index in [4.69, 9.17) is 18.6 Å². The fraction of sp³-hybridized carbons (Fsp3) is 0.385. The van der Waals surface area contributed by atoms with Crippen molar-refractivity contribution in [2.45, 2.75) is 46.6 Å². The molecule has 0 spiro atoms. The van der Waals surface area contributed by atoms with E-state index in [0.29, 0.717) is 61.4 Å². The van der Waals surface area contributed by atoms with Crippen molar-refractivity contribution in [1.29, 1.82) is 0 Å². The van der Waals surface area contributed by atoms with Gasteiger partial charge < -0.3 is 23.7 Å². The number of hydrogen-bond acceptors (Lipinski definition) is 6. The lowest BCUT2D eigenvalue weighted by molar-refractivity contribution is -0.149. The second kappa shape index (κ2) is 11.7. The summed E-state index contributed by atoms with van der Waals surface area (Å²) in [5.74, 6) is 0.741. The Kier molecular flexibility index (Phi) is 8.65. The standard InChI is InChI=1S/C26H30FNO6/c1-5-31-23-15-19(27)8-10-21(23)25-28-22(17(4)34-25)11-12-33-20-9-7-18(16(3)13-20)14-24(26(29)30)32-6-2/h7-10,13,15,24H,5-6,11-12,14H2,1-4H3,(H,29,30). The Bertz CT molecular complexity index is 1130. The average Bonchev–Trinajstić information content (AvgIpc) is 3.15. The quantitative estimate of drug-likeness (QED) is 0.391. The van der Waals surface area contributed by atoms with Gasteiger partial charge in [-0.2, -0.15) is 0 Å². The van der Waals surface area contributed by atoms with E-state index in [2.05, 4.69) is 4.98 Å². The SMILES string of the molecule is CCOc1cc(F)ccc1-c1nc(CCOc2ccc(CC(OCC)C(=O)O)c(C)c2)c(C)o1. The maximum absolute atomic E-state index is 13.6. The van der Waals surface area contributed by atoms with Crippen LogP contribution in [0.25, 0.3) is 11.5 Å². The topological polar surface area (TPSA) is 91.0 Å². The molecule has 0 saturated heterocycles. The molecule has 1 atom stereocenters. The van der Waals surface area contributed by atoms with Gasteiger partial charge in [0, 0.05) is 25.5 Å². The van der Waals surface area contributed by atoms with Crippen LogP contribution in [0.15, 0.2) is 40.8 Å². The van der Waals surface area contributed by atoms with E-state index < -0.39 is 12.1 Å². The Hall–Kier alpha value is -3.39. The summed E-state index contributed by atoms with van der Waals surface area (Å²) < 4.78 is 36.1. The fourth-order valence-electron chi connectivity index (χ4n) is 3.59. The molecular weight excluding hydrogens is 441 g/mol. The Labute approximate surface area is 198 Å². The number of nitrogens with zero attached hydrogens (tertiary/aromatic N) is 1. The first-order valence-corrected chi connectivity index (χ1v) is 11.3. The third kappa shape index (κ3) is 6.35. The smallest absolute Gasteiger partial charge is 0.333 e. The molecule has 3 rings (SSSR count). The fourth-order valence-corrected chi connectivity index (χ4v) is 3.59. The molecule has 8 heteroatoms. The molecule has 34 heavy (non-hydrogen) atoms. The first-order chi connectivity index (χ1) is 16.3. The molecule has 1 heterocycles.